The zero-order valence-electron chi connectivity index (χ0n) is 8.43. The first-order valence-electron chi connectivity index (χ1n) is 4.78. The number of carbonyl (C=O) groups excluding carboxylic acids is 1. The number of esters is 1. The summed E-state index contributed by atoms with van der Waals surface area (Å²) in [6.07, 6.45) is 5.88. The summed E-state index contributed by atoms with van der Waals surface area (Å²) >= 11 is 0. The first-order valence-corrected chi connectivity index (χ1v) is 4.78. The second kappa shape index (κ2) is 3.44. The van der Waals surface area contributed by atoms with Gasteiger partial charge in [-0.05, 0) is 18.8 Å². The second-order valence-electron chi connectivity index (χ2n) is 3.79. The molecule has 1 aromatic heterocycles. The van der Waals surface area contributed by atoms with E-state index in [-0.39, 0.29) is 11.9 Å². The van der Waals surface area contributed by atoms with Crippen LogP contribution in [0.25, 0.3) is 0 Å². The lowest BCUT2D eigenvalue weighted by atomic mass is 9.97. The van der Waals surface area contributed by atoms with E-state index < -0.39 is 0 Å². The lowest BCUT2D eigenvalue weighted by Crippen LogP contribution is -2.15. The Labute approximate surface area is 82.9 Å². The Balaban J connectivity index is 2.22. The van der Waals surface area contributed by atoms with Crippen molar-refractivity contribution in [1.29, 1.82) is 0 Å². The first-order chi connectivity index (χ1) is 6.72. The van der Waals surface area contributed by atoms with Gasteiger partial charge in [-0.2, -0.15) is 5.10 Å². The Morgan fingerprint density at radius 2 is 2.43 bits per heavy atom. The lowest BCUT2D eigenvalue weighted by molar-refractivity contribution is -0.143. The summed E-state index contributed by atoms with van der Waals surface area (Å²) in [5.41, 5.74) is 0.974. The third kappa shape index (κ3) is 1.64. The van der Waals surface area contributed by atoms with Crippen LogP contribution >= 0.6 is 0 Å². The van der Waals surface area contributed by atoms with Crippen molar-refractivity contribution < 1.29 is 9.53 Å². The van der Waals surface area contributed by atoms with Gasteiger partial charge in [-0.1, -0.05) is 0 Å². The summed E-state index contributed by atoms with van der Waals surface area (Å²) in [5.74, 6) is 0.223. The second-order valence-corrected chi connectivity index (χ2v) is 3.79. The van der Waals surface area contributed by atoms with Gasteiger partial charge in [0.05, 0.1) is 19.2 Å². The monoisotopic (exact) mass is 194 g/mol. The standard InChI is InChI=1S/C10H14N2O2/c1-12-6-8(5-11-12)9(7-3-4-7)10(13)14-2/h5-7,9H,3-4H2,1-2H3. The van der Waals surface area contributed by atoms with Crippen LogP contribution in [-0.2, 0) is 16.6 Å². The number of methoxy groups -OCH3 is 1. The fourth-order valence-electron chi connectivity index (χ4n) is 1.76. The highest BCUT2D eigenvalue weighted by atomic mass is 16.5. The number of hydrogen-bond donors (Lipinski definition) is 0. The molecule has 0 N–H and O–H groups in total. The molecule has 14 heavy (non-hydrogen) atoms. The van der Waals surface area contributed by atoms with Crippen molar-refractivity contribution >= 4 is 5.97 Å². The number of ether oxygens (including phenoxy) is 1. The van der Waals surface area contributed by atoms with Crippen LogP contribution in [0.1, 0.15) is 24.3 Å². The predicted octanol–water partition coefficient (Wildman–Crippen LogP) is 1.09. The zero-order valence-corrected chi connectivity index (χ0v) is 8.43. The molecular weight excluding hydrogens is 180 g/mol. The molecule has 1 heterocycles. The molecule has 4 nitrogen and oxygen atoms in total. The highest BCUT2D eigenvalue weighted by Crippen LogP contribution is 2.43. The molecule has 1 fully saturated rings. The van der Waals surface area contributed by atoms with Crippen LogP contribution in [0.2, 0.25) is 0 Å². The number of carbonyl (C=O) groups is 1. The Bertz CT molecular complexity index is 342. The Hall–Kier alpha value is -1.32. The Morgan fingerprint density at radius 3 is 2.86 bits per heavy atom. The van der Waals surface area contributed by atoms with Crippen LogP contribution in [0.3, 0.4) is 0 Å². The largest absolute Gasteiger partial charge is 0.469 e. The third-order valence-corrected chi connectivity index (χ3v) is 2.63. The Morgan fingerprint density at radius 1 is 1.71 bits per heavy atom. The smallest absolute Gasteiger partial charge is 0.313 e. The van der Waals surface area contributed by atoms with Crippen LogP contribution in [0, 0.1) is 5.92 Å². The van der Waals surface area contributed by atoms with Crippen molar-refractivity contribution in [2.24, 2.45) is 13.0 Å². The van der Waals surface area contributed by atoms with Crippen molar-refractivity contribution in [3.05, 3.63) is 18.0 Å². The number of aryl methyl sites for hydroxylation is 1. The summed E-state index contributed by atoms with van der Waals surface area (Å²) in [4.78, 5) is 11.5. The lowest BCUT2D eigenvalue weighted by Gasteiger charge is -2.10. The van der Waals surface area contributed by atoms with Crippen molar-refractivity contribution in [2.75, 3.05) is 7.11 Å². The molecule has 76 valence electrons. The van der Waals surface area contributed by atoms with E-state index in [4.69, 9.17) is 4.74 Å². The first kappa shape index (κ1) is 9.24. The fourth-order valence-corrected chi connectivity index (χ4v) is 1.76. The van der Waals surface area contributed by atoms with Crippen molar-refractivity contribution in [3.63, 3.8) is 0 Å². The highest BCUT2D eigenvalue weighted by molar-refractivity contribution is 5.78. The van der Waals surface area contributed by atoms with E-state index in [1.54, 1.807) is 10.9 Å². The van der Waals surface area contributed by atoms with E-state index in [9.17, 15) is 4.79 Å². The summed E-state index contributed by atoms with van der Waals surface area (Å²) in [6, 6.07) is 0. The minimum absolute atomic E-state index is 0.103. The van der Waals surface area contributed by atoms with E-state index in [1.807, 2.05) is 13.2 Å². The van der Waals surface area contributed by atoms with Gasteiger partial charge >= 0.3 is 5.97 Å². The minimum Gasteiger partial charge on any atom is -0.469 e. The van der Waals surface area contributed by atoms with Gasteiger partial charge in [0, 0.05) is 18.8 Å². The SMILES string of the molecule is COC(=O)C(c1cnn(C)c1)C1CC1. The van der Waals surface area contributed by atoms with Gasteiger partial charge in [0.25, 0.3) is 0 Å². The van der Waals surface area contributed by atoms with Crippen molar-refractivity contribution in [2.45, 2.75) is 18.8 Å². The number of rotatable bonds is 3. The van der Waals surface area contributed by atoms with Crippen LogP contribution < -0.4 is 0 Å². The highest BCUT2D eigenvalue weighted by Gasteiger charge is 2.38. The van der Waals surface area contributed by atoms with E-state index in [1.165, 1.54) is 7.11 Å². The molecular formula is C10H14N2O2. The van der Waals surface area contributed by atoms with Gasteiger partial charge in [0.15, 0.2) is 0 Å². The molecule has 1 aliphatic carbocycles. The predicted molar refractivity (Wildman–Crippen MR) is 50.7 cm³/mol. The minimum atomic E-state index is -0.138. The maximum Gasteiger partial charge on any atom is 0.313 e. The van der Waals surface area contributed by atoms with Gasteiger partial charge in [-0.15, -0.1) is 0 Å². The zero-order chi connectivity index (χ0) is 10.1. The molecule has 0 spiro atoms. The Kier molecular flexibility index (Phi) is 2.27. The maximum atomic E-state index is 11.5. The quantitative estimate of drug-likeness (QED) is 0.676. The molecule has 0 radical (unpaired) electrons. The van der Waals surface area contributed by atoms with E-state index in [0.717, 1.165) is 18.4 Å². The fraction of sp³-hybridized carbons (Fsp3) is 0.600. The molecule has 0 amide bonds. The molecule has 1 saturated carbocycles. The molecule has 0 aromatic carbocycles. The average Bonchev–Trinajstić information content (AvgIpc) is 2.90. The van der Waals surface area contributed by atoms with E-state index in [0.29, 0.717) is 5.92 Å². The van der Waals surface area contributed by atoms with E-state index in [2.05, 4.69) is 5.10 Å². The molecule has 4 heteroatoms. The average molecular weight is 194 g/mol. The molecule has 1 aliphatic rings. The van der Waals surface area contributed by atoms with Crippen LogP contribution in [0.15, 0.2) is 12.4 Å². The number of aromatic nitrogens is 2. The summed E-state index contributed by atoms with van der Waals surface area (Å²) < 4.78 is 6.52. The van der Waals surface area contributed by atoms with Gasteiger partial charge in [-0.25, -0.2) is 0 Å². The van der Waals surface area contributed by atoms with Gasteiger partial charge < -0.3 is 4.74 Å². The summed E-state index contributed by atoms with van der Waals surface area (Å²) in [5, 5.41) is 4.07. The number of hydrogen-bond acceptors (Lipinski definition) is 3. The van der Waals surface area contributed by atoms with Crippen molar-refractivity contribution in [1.82, 2.24) is 9.78 Å². The van der Waals surface area contributed by atoms with E-state index >= 15 is 0 Å². The molecule has 0 aliphatic heterocycles. The maximum absolute atomic E-state index is 11.5. The topological polar surface area (TPSA) is 44.1 Å². The van der Waals surface area contributed by atoms with Crippen LogP contribution in [0.4, 0.5) is 0 Å². The summed E-state index contributed by atoms with van der Waals surface area (Å²) in [7, 11) is 3.29. The number of nitrogens with zero attached hydrogens (tertiary/aromatic N) is 2. The van der Waals surface area contributed by atoms with Crippen LogP contribution in [0.5, 0.6) is 0 Å². The molecule has 0 saturated heterocycles. The molecule has 0 bridgehead atoms. The van der Waals surface area contributed by atoms with Gasteiger partial charge in [0.2, 0.25) is 0 Å². The van der Waals surface area contributed by atoms with Crippen LogP contribution in [-0.4, -0.2) is 22.9 Å². The molecule has 1 aromatic rings. The molecule has 2 rings (SSSR count). The van der Waals surface area contributed by atoms with Crippen molar-refractivity contribution in [3.8, 4) is 0 Å². The summed E-state index contributed by atoms with van der Waals surface area (Å²) in [6.45, 7) is 0. The van der Waals surface area contributed by atoms with Gasteiger partial charge in [0.1, 0.15) is 0 Å². The normalized spacial score (nSPS) is 17.9. The molecule has 1 unspecified atom stereocenters. The third-order valence-electron chi connectivity index (χ3n) is 2.63. The van der Waals surface area contributed by atoms with Gasteiger partial charge in [-0.3, -0.25) is 9.48 Å². The molecule has 1 atom stereocenters.